The Kier molecular flexibility index (Phi) is 7.07. The molecule has 2 atom stereocenters. The molecule has 15 heteroatoms. The van der Waals surface area contributed by atoms with Crippen LogP contribution in [-0.2, 0) is 19.2 Å². The SMILES string of the molecule is CO/N=C(\C(=O)NC1C(=O)N2C(C(=O)S)=C(CCNC(N)=O)CS[C@H]12)c1csc(N)n1. The minimum atomic E-state index is -0.872. The standard InChI is InChI=1S/C16H19N7O5S3/c1-28-22-8(7-5-31-16(18)20-7)11(24)21-9-12(25)23-10(14(26)29)6(4-30-13(9)23)2-3-19-15(17)27/h5,9,13H,2-4H2,1H3,(H2,18,20)(H,21,24)(H,26,29)(H3,17,19,27)/b22-8-/t9?,13-/m1/s1. The molecule has 2 aliphatic rings. The molecule has 12 nitrogen and oxygen atoms in total. The molecule has 0 radical (unpaired) electrons. The number of fused-ring (bicyclic) bond motifs is 1. The molecule has 0 aromatic carbocycles. The van der Waals surface area contributed by atoms with E-state index < -0.39 is 34.4 Å². The molecule has 1 fully saturated rings. The minimum absolute atomic E-state index is 0.123. The van der Waals surface area contributed by atoms with Crippen LogP contribution in [0, 0.1) is 0 Å². The molecule has 2 aliphatic heterocycles. The number of nitrogens with one attached hydrogen (secondary N) is 2. The monoisotopic (exact) mass is 485 g/mol. The van der Waals surface area contributed by atoms with Crippen LogP contribution in [0.5, 0.6) is 0 Å². The Balaban J connectivity index is 1.74. The van der Waals surface area contributed by atoms with Crippen LogP contribution >= 0.6 is 35.7 Å². The van der Waals surface area contributed by atoms with E-state index in [2.05, 4.69) is 33.4 Å². The number of oxime groups is 1. The van der Waals surface area contributed by atoms with Crippen LogP contribution in [0.2, 0.25) is 0 Å². The quantitative estimate of drug-likeness (QED) is 0.138. The molecule has 166 valence electrons. The van der Waals surface area contributed by atoms with Crippen LogP contribution in [0.3, 0.4) is 0 Å². The van der Waals surface area contributed by atoms with Crippen molar-refractivity contribution in [2.45, 2.75) is 17.8 Å². The number of thiazole rings is 1. The van der Waals surface area contributed by atoms with E-state index in [1.165, 1.54) is 23.8 Å². The molecule has 1 unspecified atom stereocenters. The average molecular weight is 486 g/mol. The number of urea groups is 1. The Hall–Kier alpha value is -2.78. The Morgan fingerprint density at radius 2 is 2.19 bits per heavy atom. The molecule has 31 heavy (non-hydrogen) atoms. The van der Waals surface area contributed by atoms with Crippen LogP contribution in [0.15, 0.2) is 21.8 Å². The van der Waals surface area contributed by atoms with E-state index in [0.29, 0.717) is 17.7 Å². The van der Waals surface area contributed by atoms with Gasteiger partial charge < -0.3 is 26.9 Å². The van der Waals surface area contributed by atoms with Gasteiger partial charge in [0.15, 0.2) is 10.8 Å². The van der Waals surface area contributed by atoms with E-state index in [9.17, 15) is 19.2 Å². The third-order valence-electron chi connectivity index (χ3n) is 4.42. The fraction of sp³-hybridized carbons (Fsp3) is 0.375. The van der Waals surface area contributed by atoms with Crippen LogP contribution in [0.25, 0.3) is 0 Å². The number of nitrogen functional groups attached to an aromatic ring is 1. The third kappa shape index (κ3) is 4.77. The number of carbonyl (C=O) groups is 4. The predicted molar refractivity (Wildman–Crippen MR) is 118 cm³/mol. The van der Waals surface area contributed by atoms with Crippen molar-refractivity contribution >= 4 is 69.5 Å². The van der Waals surface area contributed by atoms with Crippen molar-refractivity contribution in [3.8, 4) is 0 Å². The Bertz CT molecular complexity index is 992. The largest absolute Gasteiger partial charge is 0.398 e. The smallest absolute Gasteiger partial charge is 0.312 e. The summed E-state index contributed by atoms with van der Waals surface area (Å²) in [6.07, 6.45) is 0.334. The van der Waals surface area contributed by atoms with Gasteiger partial charge in [-0.2, -0.15) is 0 Å². The first-order chi connectivity index (χ1) is 14.7. The molecule has 0 bridgehead atoms. The van der Waals surface area contributed by atoms with Gasteiger partial charge in [-0.1, -0.05) is 17.8 Å². The summed E-state index contributed by atoms with van der Waals surface area (Å²) in [6.45, 7) is 0.219. The van der Waals surface area contributed by atoms with E-state index >= 15 is 0 Å². The summed E-state index contributed by atoms with van der Waals surface area (Å²) >= 11 is 6.40. The Morgan fingerprint density at radius 1 is 1.45 bits per heavy atom. The Morgan fingerprint density at radius 3 is 2.77 bits per heavy atom. The van der Waals surface area contributed by atoms with Crippen LogP contribution in [0.1, 0.15) is 12.1 Å². The number of anilines is 1. The molecule has 0 saturated carbocycles. The number of aromatic nitrogens is 1. The molecule has 3 rings (SSSR count). The molecular weight excluding hydrogens is 466 g/mol. The normalized spacial score (nSPS) is 20.6. The number of nitrogens with two attached hydrogens (primary N) is 2. The van der Waals surface area contributed by atoms with Gasteiger partial charge in [-0.3, -0.25) is 19.3 Å². The van der Waals surface area contributed by atoms with Gasteiger partial charge in [0.05, 0.1) is 5.70 Å². The molecule has 0 aliphatic carbocycles. The minimum Gasteiger partial charge on any atom is -0.398 e. The number of amides is 4. The second-order valence-electron chi connectivity index (χ2n) is 6.35. The molecule has 0 spiro atoms. The summed E-state index contributed by atoms with van der Waals surface area (Å²) in [4.78, 5) is 58.5. The van der Waals surface area contributed by atoms with E-state index in [1.54, 1.807) is 5.38 Å². The van der Waals surface area contributed by atoms with E-state index in [-0.39, 0.29) is 28.8 Å². The lowest BCUT2D eigenvalue weighted by Crippen LogP contribution is -2.70. The number of primary amides is 1. The first-order valence-electron chi connectivity index (χ1n) is 8.81. The maximum absolute atomic E-state index is 12.8. The van der Waals surface area contributed by atoms with Gasteiger partial charge in [-0.15, -0.1) is 23.1 Å². The second kappa shape index (κ2) is 9.57. The number of nitrogens with zero attached hydrogens (tertiary/aromatic N) is 3. The zero-order valence-electron chi connectivity index (χ0n) is 16.2. The van der Waals surface area contributed by atoms with Gasteiger partial charge in [0.2, 0.25) is 5.12 Å². The molecule has 1 aromatic rings. The molecule has 4 amide bonds. The molecule has 6 N–H and O–H groups in total. The maximum Gasteiger partial charge on any atom is 0.312 e. The van der Waals surface area contributed by atoms with Crippen LogP contribution in [0.4, 0.5) is 9.93 Å². The zero-order valence-corrected chi connectivity index (χ0v) is 18.7. The highest BCUT2D eigenvalue weighted by Crippen LogP contribution is 2.41. The van der Waals surface area contributed by atoms with Gasteiger partial charge in [-0.25, -0.2) is 9.78 Å². The van der Waals surface area contributed by atoms with Crippen molar-refractivity contribution < 1.29 is 24.0 Å². The van der Waals surface area contributed by atoms with E-state index in [1.807, 2.05) is 0 Å². The number of hydrogen-bond donors (Lipinski definition) is 5. The lowest BCUT2D eigenvalue weighted by Gasteiger charge is -2.49. The number of thiol groups is 1. The summed E-state index contributed by atoms with van der Waals surface area (Å²) in [6, 6.07) is -1.55. The highest BCUT2D eigenvalue weighted by Gasteiger charge is 2.53. The number of carbonyl (C=O) groups excluding carboxylic acids is 4. The van der Waals surface area contributed by atoms with Crippen LogP contribution in [-0.4, -0.2) is 69.4 Å². The molecule has 1 aromatic heterocycles. The van der Waals surface area contributed by atoms with Crippen molar-refractivity contribution in [1.82, 2.24) is 20.5 Å². The lowest BCUT2D eigenvalue weighted by atomic mass is 10.0. The summed E-state index contributed by atoms with van der Waals surface area (Å²) in [5, 5.41) is 9.49. The van der Waals surface area contributed by atoms with Gasteiger partial charge >= 0.3 is 6.03 Å². The van der Waals surface area contributed by atoms with Gasteiger partial charge in [0, 0.05) is 17.7 Å². The van der Waals surface area contributed by atoms with Gasteiger partial charge in [0.25, 0.3) is 11.8 Å². The van der Waals surface area contributed by atoms with Gasteiger partial charge in [-0.05, 0) is 12.0 Å². The van der Waals surface area contributed by atoms with Crippen molar-refractivity contribution in [1.29, 1.82) is 0 Å². The zero-order chi connectivity index (χ0) is 22.7. The number of thioether (sulfide) groups is 1. The van der Waals surface area contributed by atoms with Crippen molar-refractivity contribution in [2.75, 3.05) is 25.1 Å². The third-order valence-corrected chi connectivity index (χ3v) is 6.65. The number of β-lactam (4-membered cyclic amide) rings is 1. The molecule has 1 saturated heterocycles. The first kappa shape index (κ1) is 22.9. The van der Waals surface area contributed by atoms with Crippen molar-refractivity contribution in [3.63, 3.8) is 0 Å². The summed E-state index contributed by atoms with van der Waals surface area (Å²) in [7, 11) is 1.28. The summed E-state index contributed by atoms with van der Waals surface area (Å²) < 4.78 is 0. The highest BCUT2D eigenvalue weighted by molar-refractivity contribution is 8.00. The number of hydrogen-bond acceptors (Lipinski definition) is 10. The molecule has 3 heterocycles. The molecular formula is C16H19N7O5S3. The fourth-order valence-electron chi connectivity index (χ4n) is 3.11. The maximum atomic E-state index is 12.8. The van der Waals surface area contributed by atoms with E-state index in [0.717, 1.165) is 11.3 Å². The predicted octanol–water partition coefficient (Wildman–Crippen LogP) is -0.755. The highest BCUT2D eigenvalue weighted by atomic mass is 32.2. The first-order valence-corrected chi connectivity index (χ1v) is 11.2. The fourth-order valence-corrected chi connectivity index (χ4v) is 5.32. The van der Waals surface area contributed by atoms with Crippen molar-refractivity contribution in [2.24, 2.45) is 10.9 Å². The van der Waals surface area contributed by atoms with Gasteiger partial charge in [0.1, 0.15) is 24.2 Å². The van der Waals surface area contributed by atoms with Crippen molar-refractivity contribution in [3.05, 3.63) is 22.3 Å². The number of rotatable bonds is 8. The second-order valence-corrected chi connectivity index (χ2v) is 8.75. The summed E-state index contributed by atoms with van der Waals surface area (Å²) in [5.74, 6) is -0.701. The summed E-state index contributed by atoms with van der Waals surface area (Å²) in [5.41, 5.74) is 11.6. The Labute approximate surface area is 190 Å². The van der Waals surface area contributed by atoms with Crippen LogP contribution < -0.4 is 22.1 Å². The lowest BCUT2D eigenvalue weighted by molar-refractivity contribution is -0.146. The average Bonchev–Trinajstić information content (AvgIpc) is 3.14. The van der Waals surface area contributed by atoms with E-state index in [4.69, 9.17) is 16.3 Å². The topological polar surface area (TPSA) is 182 Å².